The summed E-state index contributed by atoms with van der Waals surface area (Å²) in [5, 5.41) is 15.2. The standard InChI is InChI=1S/C13H15ClN2OS/c1-13(2,3)12-11(18-16-15-12)10(17)8-4-6-9(14)7-5-8/h4-7,10,17H,1-3H3. The van der Waals surface area contributed by atoms with E-state index in [0.29, 0.717) is 5.02 Å². The number of aromatic nitrogens is 2. The van der Waals surface area contributed by atoms with E-state index in [9.17, 15) is 5.11 Å². The Morgan fingerprint density at radius 2 is 1.83 bits per heavy atom. The highest BCUT2D eigenvalue weighted by Crippen LogP contribution is 2.33. The van der Waals surface area contributed by atoms with Crippen LogP contribution < -0.4 is 0 Å². The van der Waals surface area contributed by atoms with Crippen molar-refractivity contribution in [3.8, 4) is 0 Å². The third-order valence-electron chi connectivity index (χ3n) is 2.66. The smallest absolute Gasteiger partial charge is 0.117 e. The molecule has 0 spiro atoms. The lowest BCUT2D eigenvalue weighted by Crippen LogP contribution is -2.16. The van der Waals surface area contributed by atoms with Crippen LogP contribution >= 0.6 is 23.1 Å². The Morgan fingerprint density at radius 1 is 1.22 bits per heavy atom. The summed E-state index contributed by atoms with van der Waals surface area (Å²) in [5.74, 6) is 0. The highest BCUT2D eigenvalue weighted by Gasteiger charge is 2.26. The highest BCUT2D eigenvalue weighted by atomic mass is 35.5. The number of halogens is 1. The molecule has 0 saturated heterocycles. The molecule has 0 amide bonds. The van der Waals surface area contributed by atoms with Crippen molar-refractivity contribution in [2.24, 2.45) is 0 Å². The topological polar surface area (TPSA) is 46.0 Å². The summed E-state index contributed by atoms with van der Waals surface area (Å²) in [6.45, 7) is 6.17. The molecule has 1 N–H and O–H groups in total. The van der Waals surface area contributed by atoms with Gasteiger partial charge in [-0.15, -0.1) is 5.10 Å². The fourth-order valence-electron chi connectivity index (χ4n) is 1.69. The number of nitrogens with zero attached hydrogens (tertiary/aromatic N) is 2. The van der Waals surface area contributed by atoms with Crippen molar-refractivity contribution in [3.63, 3.8) is 0 Å². The minimum atomic E-state index is -0.698. The lowest BCUT2D eigenvalue weighted by atomic mass is 9.89. The Morgan fingerprint density at radius 3 is 2.39 bits per heavy atom. The quantitative estimate of drug-likeness (QED) is 0.916. The van der Waals surface area contributed by atoms with Crippen molar-refractivity contribution in [3.05, 3.63) is 45.4 Å². The van der Waals surface area contributed by atoms with E-state index in [1.54, 1.807) is 12.1 Å². The summed E-state index contributed by atoms with van der Waals surface area (Å²) < 4.78 is 3.96. The van der Waals surface area contributed by atoms with Crippen molar-refractivity contribution < 1.29 is 5.11 Å². The fourth-order valence-corrected chi connectivity index (χ4v) is 2.70. The number of rotatable bonds is 2. The molecule has 0 saturated carbocycles. The van der Waals surface area contributed by atoms with Gasteiger partial charge in [-0.3, -0.25) is 0 Å². The lowest BCUT2D eigenvalue weighted by molar-refractivity contribution is 0.221. The van der Waals surface area contributed by atoms with Gasteiger partial charge in [-0.25, -0.2) is 0 Å². The van der Waals surface area contributed by atoms with Crippen LogP contribution in [0.5, 0.6) is 0 Å². The van der Waals surface area contributed by atoms with E-state index in [1.807, 2.05) is 12.1 Å². The van der Waals surface area contributed by atoms with Gasteiger partial charge in [-0.05, 0) is 29.2 Å². The largest absolute Gasteiger partial charge is 0.383 e. The van der Waals surface area contributed by atoms with E-state index in [2.05, 4.69) is 30.4 Å². The van der Waals surface area contributed by atoms with E-state index in [1.165, 1.54) is 11.5 Å². The van der Waals surface area contributed by atoms with E-state index < -0.39 is 6.10 Å². The fraction of sp³-hybridized carbons (Fsp3) is 0.385. The normalized spacial score (nSPS) is 13.6. The first kappa shape index (κ1) is 13.5. The number of hydrogen-bond donors (Lipinski definition) is 1. The predicted molar refractivity (Wildman–Crippen MR) is 74.1 cm³/mol. The highest BCUT2D eigenvalue weighted by molar-refractivity contribution is 7.05. The zero-order valence-corrected chi connectivity index (χ0v) is 12.1. The number of benzene rings is 1. The number of aliphatic hydroxyl groups is 1. The minimum Gasteiger partial charge on any atom is -0.383 e. The number of hydrogen-bond acceptors (Lipinski definition) is 4. The van der Waals surface area contributed by atoms with Crippen LogP contribution in [-0.4, -0.2) is 14.7 Å². The van der Waals surface area contributed by atoms with E-state index in [-0.39, 0.29) is 5.41 Å². The van der Waals surface area contributed by atoms with Gasteiger partial charge >= 0.3 is 0 Å². The zero-order chi connectivity index (χ0) is 13.3. The van der Waals surface area contributed by atoms with E-state index >= 15 is 0 Å². The van der Waals surface area contributed by atoms with Crippen LogP contribution in [-0.2, 0) is 5.41 Å². The van der Waals surface area contributed by atoms with Gasteiger partial charge in [0.1, 0.15) is 6.10 Å². The number of aliphatic hydroxyl groups excluding tert-OH is 1. The van der Waals surface area contributed by atoms with Gasteiger partial charge in [-0.2, -0.15) is 0 Å². The molecule has 18 heavy (non-hydrogen) atoms. The molecule has 1 atom stereocenters. The van der Waals surface area contributed by atoms with Crippen LogP contribution in [0.3, 0.4) is 0 Å². The van der Waals surface area contributed by atoms with Crippen LogP contribution in [0.2, 0.25) is 5.02 Å². The second-order valence-electron chi connectivity index (χ2n) is 5.19. The molecule has 0 aliphatic carbocycles. The molecule has 0 aliphatic rings. The molecule has 1 heterocycles. The van der Waals surface area contributed by atoms with Gasteiger partial charge < -0.3 is 5.11 Å². The summed E-state index contributed by atoms with van der Waals surface area (Å²) in [4.78, 5) is 0.796. The Hall–Kier alpha value is -0.970. The summed E-state index contributed by atoms with van der Waals surface area (Å²) in [7, 11) is 0. The molecule has 3 nitrogen and oxygen atoms in total. The molecule has 0 bridgehead atoms. The summed E-state index contributed by atoms with van der Waals surface area (Å²) in [5.41, 5.74) is 1.52. The molecule has 1 aromatic carbocycles. The van der Waals surface area contributed by atoms with Crippen molar-refractivity contribution in [1.29, 1.82) is 0 Å². The average Bonchev–Trinajstić information content (AvgIpc) is 2.77. The van der Waals surface area contributed by atoms with Crippen molar-refractivity contribution in [2.75, 3.05) is 0 Å². The SMILES string of the molecule is CC(C)(C)c1nnsc1C(O)c1ccc(Cl)cc1. The molecule has 0 radical (unpaired) electrons. The van der Waals surface area contributed by atoms with E-state index in [0.717, 1.165) is 16.1 Å². The molecule has 96 valence electrons. The molecule has 0 fully saturated rings. The van der Waals surface area contributed by atoms with Crippen LogP contribution in [0, 0.1) is 0 Å². The maximum Gasteiger partial charge on any atom is 0.117 e. The lowest BCUT2D eigenvalue weighted by Gasteiger charge is -2.19. The summed E-state index contributed by atoms with van der Waals surface area (Å²) >= 11 is 7.08. The first-order valence-electron chi connectivity index (χ1n) is 5.66. The Kier molecular flexibility index (Phi) is 3.71. The summed E-state index contributed by atoms with van der Waals surface area (Å²) in [6.07, 6.45) is -0.698. The second kappa shape index (κ2) is 4.96. The van der Waals surface area contributed by atoms with Crippen molar-refractivity contribution >= 4 is 23.1 Å². The van der Waals surface area contributed by atoms with Gasteiger partial charge in [0.05, 0.1) is 10.6 Å². The average molecular weight is 283 g/mol. The van der Waals surface area contributed by atoms with Gasteiger partial charge in [0, 0.05) is 10.4 Å². The molecule has 2 rings (SSSR count). The maximum atomic E-state index is 10.4. The molecule has 1 aromatic heterocycles. The maximum absolute atomic E-state index is 10.4. The molecular weight excluding hydrogens is 268 g/mol. The van der Waals surface area contributed by atoms with Gasteiger partial charge in [-0.1, -0.05) is 49.0 Å². The molecule has 1 unspecified atom stereocenters. The van der Waals surface area contributed by atoms with Gasteiger partial charge in [0.2, 0.25) is 0 Å². The van der Waals surface area contributed by atoms with Crippen LogP contribution in [0.1, 0.15) is 43.0 Å². The molecule has 5 heteroatoms. The second-order valence-corrected chi connectivity index (χ2v) is 6.41. The molecule has 0 aliphatic heterocycles. The minimum absolute atomic E-state index is 0.129. The third-order valence-corrected chi connectivity index (χ3v) is 3.69. The van der Waals surface area contributed by atoms with Gasteiger partial charge in [0.15, 0.2) is 0 Å². The molecular formula is C13H15ClN2OS. The Balaban J connectivity index is 2.37. The Bertz CT molecular complexity index is 531. The predicted octanol–water partition coefficient (Wildman–Crippen LogP) is 3.57. The van der Waals surface area contributed by atoms with Crippen LogP contribution in [0.25, 0.3) is 0 Å². The van der Waals surface area contributed by atoms with Crippen LogP contribution in [0.4, 0.5) is 0 Å². The monoisotopic (exact) mass is 282 g/mol. The first-order chi connectivity index (χ1) is 8.39. The zero-order valence-electron chi connectivity index (χ0n) is 10.5. The van der Waals surface area contributed by atoms with Crippen molar-refractivity contribution in [1.82, 2.24) is 9.59 Å². The first-order valence-corrected chi connectivity index (χ1v) is 6.81. The molecule has 2 aromatic rings. The van der Waals surface area contributed by atoms with Gasteiger partial charge in [0.25, 0.3) is 0 Å². The summed E-state index contributed by atoms with van der Waals surface area (Å²) in [6, 6.07) is 7.18. The van der Waals surface area contributed by atoms with Crippen LogP contribution in [0.15, 0.2) is 24.3 Å². The Labute approximate surface area is 116 Å². The third kappa shape index (κ3) is 2.71. The van der Waals surface area contributed by atoms with Crippen molar-refractivity contribution in [2.45, 2.75) is 32.3 Å². The van der Waals surface area contributed by atoms with E-state index in [4.69, 9.17) is 11.6 Å².